The molecular weight excluding hydrogens is 284 g/mol. The molecule has 1 saturated carbocycles. The molecule has 0 unspecified atom stereocenters. The Kier molecular flexibility index (Phi) is 4.49. The van der Waals surface area contributed by atoms with Crippen LogP contribution in [0.2, 0.25) is 0 Å². The first-order valence-electron chi connectivity index (χ1n) is 7.16. The molecule has 1 fully saturated rings. The number of carboxylic acid groups (broad SMARTS) is 1. The Labute approximate surface area is 128 Å². The zero-order valence-electron chi connectivity index (χ0n) is 12.7. The summed E-state index contributed by atoms with van der Waals surface area (Å²) < 4.78 is 0. The zero-order chi connectivity index (χ0) is 16.3. The number of benzene rings is 1. The Balaban J connectivity index is 1.84. The molecule has 22 heavy (non-hydrogen) atoms. The van der Waals surface area contributed by atoms with Crippen LogP contribution >= 0.6 is 0 Å². The summed E-state index contributed by atoms with van der Waals surface area (Å²) >= 11 is 0. The van der Waals surface area contributed by atoms with E-state index in [0.717, 1.165) is 12.0 Å². The molecular formula is C16H20N2O4. The van der Waals surface area contributed by atoms with Crippen LogP contribution in [0.15, 0.2) is 24.3 Å². The van der Waals surface area contributed by atoms with Gasteiger partial charge in [-0.25, -0.2) is 0 Å². The zero-order valence-corrected chi connectivity index (χ0v) is 12.7. The molecule has 0 heterocycles. The molecule has 0 radical (unpaired) electrons. The molecule has 6 nitrogen and oxygen atoms in total. The van der Waals surface area contributed by atoms with Crippen LogP contribution < -0.4 is 10.6 Å². The number of hydrogen-bond acceptors (Lipinski definition) is 3. The minimum absolute atomic E-state index is 0.0250. The van der Waals surface area contributed by atoms with Crippen molar-refractivity contribution in [2.75, 3.05) is 11.9 Å². The number of amides is 2. The van der Waals surface area contributed by atoms with E-state index in [1.165, 1.54) is 0 Å². The highest BCUT2D eigenvalue weighted by atomic mass is 16.4. The molecule has 6 heteroatoms. The standard InChI is InChI=1S/C16H20N2O4/c1-16(2)8-12(16)15(22)18-11-5-3-10(4-6-11)7-13(19)17-9-14(20)21/h3-6,12H,7-9H2,1-2H3,(H,17,19)(H,18,22)(H,20,21)/t12-/m1/s1. The van der Waals surface area contributed by atoms with Gasteiger partial charge in [-0.05, 0) is 29.5 Å². The van der Waals surface area contributed by atoms with Crippen LogP contribution in [0.1, 0.15) is 25.8 Å². The van der Waals surface area contributed by atoms with Crippen LogP contribution in [0.5, 0.6) is 0 Å². The second kappa shape index (κ2) is 6.17. The molecule has 0 aliphatic heterocycles. The summed E-state index contributed by atoms with van der Waals surface area (Å²) in [7, 11) is 0. The Morgan fingerprint density at radius 1 is 1.23 bits per heavy atom. The molecule has 3 N–H and O–H groups in total. The molecule has 0 aromatic heterocycles. The van der Waals surface area contributed by atoms with E-state index in [1.54, 1.807) is 24.3 Å². The van der Waals surface area contributed by atoms with Gasteiger partial charge in [0.25, 0.3) is 0 Å². The first-order chi connectivity index (χ1) is 10.3. The molecule has 2 amide bonds. The Morgan fingerprint density at radius 2 is 1.82 bits per heavy atom. The van der Waals surface area contributed by atoms with Crippen molar-refractivity contribution in [2.24, 2.45) is 11.3 Å². The summed E-state index contributed by atoms with van der Waals surface area (Å²) in [5.41, 5.74) is 1.54. The maximum Gasteiger partial charge on any atom is 0.322 e. The number of aliphatic carboxylic acids is 1. The molecule has 118 valence electrons. The van der Waals surface area contributed by atoms with Gasteiger partial charge in [-0.2, -0.15) is 0 Å². The van der Waals surface area contributed by atoms with E-state index in [4.69, 9.17) is 5.11 Å². The van der Waals surface area contributed by atoms with Crippen LogP contribution in [0, 0.1) is 11.3 Å². The summed E-state index contributed by atoms with van der Waals surface area (Å²) in [4.78, 5) is 33.8. The minimum Gasteiger partial charge on any atom is -0.480 e. The number of nitrogens with one attached hydrogen (secondary N) is 2. The van der Waals surface area contributed by atoms with E-state index in [9.17, 15) is 14.4 Å². The lowest BCUT2D eigenvalue weighted by molar-refractivity contribution is -0.137. The summed E-state index contributed by atoms with van der Waals surface area (Å²) in [6.07, 6.45) is 1.01. The second-order valence-corrected chi connectivity index (χ2v) is 6.28. The fourth-order valence-electron chi connectivity index (χ4n) is 2.27. The van der Waals surface area contributed by atoms with Gasteiger partial charge in [0.05, 0.1) is 6.42 Å². The number of anilines is 1. The quantitative estimate of drug-likeness (QED) is 0.740. The fourth-order valence-corrected chi connectivity index (χ4v) is 2.27. The van der Waals surface area contributed by atoms with Crippen molar-refractivity contribution in [3.8, 4) is 0 Å². The van der Waals surface area contributed by atoms with Crippen molar-refractivity contribution in [1.82, 2.24) is 5.32 Å². The van der Waals surface area contributed by atoms with E-state index >= 15 is 0 Å². The molecule has 0 spiro atoms. The third-order valence-corrected chi connectivity index (χ3v) is 3.85. The molecule has 2 rings (SSSR count). The lowest BCUT2D eigenvalue weighted by Crippen LogP contribution is -2.30. The van der Waals surface area contributed by atoms with Gasteiger partial charge < -0.3 is 15.7 Å². The van der Waals surface area contributed by atoms with E-state index in [-0.39, 0.29) is 36.1 Å². The predicted molar refractivity (Wildman–Crippen MR) is 81.3 cm³/mol. The SMILES string of the molecule is CC1(C)C[C@@H]1C(=O)Nc1ccc(CC(=O)NCC(=O)O)cc1. The molecule has 0 saturated heterocycles. The van der Waals surface area contributed by atoms with Gasteiger partial charge in [0.2, 0.25) is 11.8 Å². The van der Waals surface area contributed by atoms with Crippen molar-refractivity contribution in [3.63, 3.8) is 0 Å². The van der Waals surface area contributed by atoms with Crippen LogP contribution in [0.4, 0.5) is 5.69 Å². The molecule has 1 aromatic rings. The van der Waals surface area contributed by atoms with Crippen LogP contribution in [0.25, 0.3) is 0 Å². The number of carboxylic acids is 1. The summed E-state index contributed by atoms with van der Waals surface area (Å²) in [5.74, 6) is -1.33. The monoisotopic (exact) mass is 304 g/mol. The Bertz CT molecular complexity index is 593. The van der Waals surface area contributed by atoms with E-state index < -0.39 is 5.97 Å². The van der Waals surface area contributed by atoms with Crippen LogP contribution in [-0.4, -0.2) is 29.4 Å². The summed E-state index contributed by atoms with van der Waals surface area (Å²) in [6.45, 7) is 3.75. The number of rotatable bonds is 6. The average Bonchev–Trinajstić information content (AvgIpc) is 3.08. The predicted octanol–water partition coefficient (Wildman–Crippen LogP) is 1.41. The van der Waals surface area contributed by atoms with E-state index in [2.05, 4.69) is 24.5 Å². The maximum atomic E-state index is 12.0. The lowest BCUT2D eigenvalue weighted by Gasteiger charge is -2.08. The first-order valence-corrected chi connectivity index (χ1v) is 7.16. The normalized spacial score (nSPS) is 18.4. The van der Waals surface area contributed by atoms with Crippen molar-refractivity contribution in [3.05, 3.63) is 29.8 Å². The topological polar surface area (TPSA) is 95.5 Å². The van der Waals surface area contributed by atoms with Gasteiger partial charge in [0.1, 0.15) is 6.54 Å². The van der Waals surface area contributed by atoms with Crippen LogP contribution in [0.3, 0.4) is 0 Å². The average molecular weight is 304 g/mol. The molecule has 1 aromatic carbocycles. The van der Waals surface area contributed by atoms with Gasteiger partial charge in [-0.1, -0.05) is 26.0 Å². The number of hydrogen-bond donors (Lipinski definition) is 3. The highest BCUT2D eigenvalue weighted by Crippen LogP contribution is 2.51. The van der Waals surface area contributed by atoms with E-state index in [0.29, 0.717) is 5.69 Å². The maximum absolute atomic E-state index is 12.0. The molecule has 0 bridgehead atoms. The molecule has 1 aliphatic carbocycles. The largest absolute Gasteiger partial charge is 0.480 e. The van der Waals surface area contributed by atoms with Crippen molar-refractivity contribution in [2.45, 2.75) is 26.7 Å². The van der Waals surface area contributed by atoms with Gasteiger partial charge in [-0.15, -0.1) is 0 Å². The summed E-state index contributed by atoms with van der Waals surface area (Å²) in [5, 5.41) is 13.6. The van der Waals surface area contributed by atoms with Crippen molar-refractivity contribution >= 4 is 23.5 Å². The van der Waals surface area contributed by atoms with Gasteiger partial charge in [-0.3, -0.25) is 14.4 Å². The molecule has 1 aliphatic rings. The highest BCUT2D eigenvalue weighted by Gasteiger charge is 2.50. The van der Waals surface area contributed by atoms with Crippen molar-refractivity contribution < 1.29 is 19.5 Å². The number of carbonyl (C=O) groups excluding carboxylic acids is 2. The third-order valence-electron chi connectivity index (χ3n) is 3.85. The van der Waals surface area contributed by atoms with Crippen molar-refractivity contribution in [1.29, 1.82) is 0 Å². The van der Waals surface area contributed by atoms with E-state index in [1.807, 2.05) is 0 Å². The minimum atomic E-state index is -1.07. The first kappa shape index (κ1) is 16.0. The van der Waals surface area contributed by atoms with Gasteiger partial charge >= 0.3 is 5.97 Å². The second-order valence-electron chi connectivity index (χ2n) is 6.28. The third kappa shape index (κ3) is 4.31. The highest BCUT2D eigenvalue weighted by molar-refractivity contribution is 5.95. The van der Waals surface area contributed by atoms with Gasteiger partial charge in [0.15, 0.2) is 0 Å². The smallest absolute Gasteiger partial charge is 0.322 e. The Morgan fingerprint density at radius 3 is 2.32 bits per heavy atom. The lowest BCUT2D eigenvalue weighted by atomic mass is 10.1. The van der Waals surface area contributed by atoms with Crippen LogP contribution in [-0.2, 0) is 20.8 Å². The van der Waals surface area contributed by atoms with Gasteiger partial charge in [0, 0.05) is 11.6 Å². The molecule has 1 atom stereocenters. The summed E-state index contributed by atoms with van der Waals surface area (Å²) in [6, 6.07) is 6.97. The number of carbonyl (C=O) groups is 3. The Hall–Kier alpha value is -2.37. The fraction of sp³-hybridized carbons (Fsp3) is 0.438.